The lowest BCUT2D eigenvalue weighted by molar-refractivity contribution is -0.117. The molecule has 1 fully saturated rings. The van der Waals surface area contributed by atoms with Crippen LogP contribution in [0.5, 0.6) is 0 Å². The lowest BCUT2D eigenvalue weighted by Gasteiger charge is -2.17. The number of anilines is 2. The van der Waals surface area contributed by atoms with Crippen molar-refractivity contribution in [2.75, 3.05) is 17.2 Å². The van der Waals surface area contributed by atoms with Crippen LogP contribution in [0, 0.1) is 0 Å². The number of nitrogens with two attached hydrogens (primary N) is 1. The topological polar surface area (TPSA) is 46.3 Å². The first kappa shape index (κ1) is 10.0. The first-order valence-electron chi connectivity index (χ1n) is 5.41. The molecule has 1 aromatic carbocycles. The normalized spacial score (nSPS) is 16.1. The van der Waals surface area contributed by atoms with Crippen molar-refractivity contribution < 1.29 is 4.79 Å². The van der Waals surface area contributed by atoms with Crippen LogP contribution in [-0.2, 0) is 11.2 Å². The van der Waals surface area contributed by atoms with E-state index in [9.17, 15) is 4.79 Å². The number of carbonyl (C=O) groups excluding carboxylic acids is 1. The van der Waals surface area contributed by atoms with E-state index >= 15 is 0 Å². The quantitative estimate of drug-likeness (QED) is 0.748. The van der Waals surface area contributed by atoms with Crippen molar-refractivity contribution in [2.45, 2.75) is 26.2 Å². The third-order valence-electron chi connectivity index (χ3n) is 2.89. The Morgan fingerprint density at radius 1 is 1.47 bits per heavy atom. The highest BCUT2D eigenvalue weighted by molar-refractivity contribution is 5.95. The average Bonchev–Trinajstić information content (AvgIpc) is 2.65. The number of hydrogen-bond donors (Lipinski definition) is 1. The second kappa shape index (κ2) is 3.93. The fraction of sp³-hybridized carbons (Fsp3) is 0.417. The fourth-order valence-corrected chi connectivity index (χ4v) is 1.99. The molecule has 0 atom stereocenters. The van der Waals surface area contributed by atoms with Gasteiger partial charge in [-0.2, -0.15) is 0 Å². The van der Waals surface area contributed by atoms with Crippen molar-refractivity contribution in [1.29, 1.82) is 0 Å². The Balaban J connectivity index is 2.32. The summed E-state index contributed by atoms with van der Waals surface area (Å²) in [6.45, 7) is 2.91. The third kappa shape index (κ3) is 1.82. The second-order valence-electron chi connectivity index (χ2n) is 3.89. The van der Waals surface area contributed by atoms with Gasteiger partial charge in [0.1, 0.15) is 0 Å². The number of nitrogens with zero attached hydrogens (tertiary/aromatic N) is 1. The van der Waals surface area contributed by atoms with Crippen molar-refractivity contribution in [3.05, 3.63) is 23.8 Å². The molecular formula is C12H16N2O. The van der Waals surface area contributed by atoms with Gasteiger partial charge >= 0.3 is 0 Å². The highest BCUT2D eigenvalue weighted by Crippen LogP contribution is 2.25. The minimum absolute atomic E-state index is 0.224. The third-order valence-corrected chi connectivity index (χ3v) is 2.89. The molecule has 0 saturated carbocycles. The van der Waals surface area contributed by atoms with Crippen LogP contribution in [0.25, 0.3) is 0 Å². The van der Waals surface area contributed by atoms with Crippen LogP contribution in [0.15, 0.2) is 18.2 Å². The van der Waals surface area contributed by atoms with E-state index in [1.165, 1.54) is 0 Å². The van der Waals surface area contributed by atoms with Crippen LogP contribution in [0.1, 0.15) is 25.3 Å². The van der Waals surface area contributed by atoms with Crippen LogP contribution >= 0.6 is 0 Å². The predicted octanol–water partition coefficient (Wildman–Crippen LogP) is 1.96. The minimum atomic E-state index is 0.224. The number of nitrogen functional groups attached to an aromatic ring is 1. The summed E-state index contributed by atoms with van der Waals surface area (Å²) >= 11 is 0. The van der Waals surface area contributed by atoms with Crippen LogP contribution in [0.4, 0.5) is 11.4 Å². The van der Waals surface area contributed by atoms with E-state index in [0.717, 1.165) is 36.3 Å². The number of amides is 1. The van der Waals surface area contributed by atoms with E-state index in [1.807, 2.05) is 23.1 Å². The lowest BCUT2D eigenvalue weighted by atomic mass is 10.1. The highest BCUT2D eigenvalue weighted by atomic mass is 16.2. The van der Waals surface area contributed by atoms with Gasteiger partial charge in [0, 0.05) is 24.3 Å². The van der Waals surface area contributed by atoms with Gasteiger partial charge in [-0.15, -0.1) is 0 Å². The first-order valence-corrected chi connectivity index (χ1v) is 5.41. The van der Waals surface area contributed by atoms with Gasteiger partial charge < -0.3 is 10.6 Å². The maximum absolute atomic E-state index is 11.6. The van der Waals surface area contributed by atoms with Gasteiger partial charge in [0.05, 0.1) is 0 Å². The zero-order valence-corrected chi connectivity index (χ0v) is 8.99. The lowest BCUT2D eigenvalue weighted by Crippen LogP contribution is -2.23. The summed E-state index contributed by atoms with van der Waals surface area (Å²) in [4.78, 5) is 13.4. The maximum Gasteiger partial charge on any atom is 0.227 e. The van der Waals surface area contributed by atoms with Crippen molar-refractivity contribution in [3.8, 4) is 0 Å². The Hall–Kier alpha value is -1.51. The summed E-state index contributed by atoms with van der Waals surface area (Å²) in [5.41, 5.74) is 8.75. The van der Waals surface area contributed by atoms with Crippen molar-refractivity contribution in [3.63, 3.8) is 0 Å². The minimum Gasteiger partial charge on any atom is -0.399 e. The summed E-state index contributed by atoms with van der Waals surface area (Å²) in [6.07, 6.45) is 2.54. The van der Waals surface area contributed by atoms with Crippen molar-refractivity contribution >= 4 is 17.3 Å². The highest BCUT2D eigenvalue weighted by Gasteiger charge is 2.21. The van der Waals surface area contributed by atoms with E-state index in [2.05, 4.69) is 6.92 Å². The Morgan fingerprint density at radius 3 is 2.87 bits per heavy atom. The molecule has 3 heteroatoms. The van der Waals surface area contributed by atoms with Gasteiger partial charge in [0.25, 0.3) is 0 Å². The molecule has 15 heavy (non-hydrogen) atoms. The predicted molar refractivity (Wildman–Crippen MR) is 61.8 cm³/mol. The Bertz CT molecular complexity index is 387. The van der Waals surface area contributed by atoms with E-state index in [-0.39, 0.29) is 5.91 Å². The molecule has 1 amide bonds. The molecule has 1 aromatic rings. The molecule has 0 unspecified atom stereocenters. The molecule has 0 bridgehead atoms. The summed E-state index contributed by atoms with van der Waals surface area (Å²) in [5, 5.41) is 0. The van der Waals surface area contributed by atoms with Gasteiger partial charge in [0.15, 0.2) is 0 Å². The monoisotopic (exact) mass is 204 g/mol. The molecule has 0 aromatic heterocycles. The Morgan fingerprint density at radius 2 is 2.27 bits per heavy atom. The Kier molecular flexibility index (Phi) is 2.62. The molecule has 3 nitrogen and oxygen atoms in total. The zero-order chi connectivity index (χ0) is 10.8. The number of aryl methyl sites for hydroxylation is 1. The number of hydrogen-bond acceptors (Lipinski definition) is 2. The van der Waals surface area contributed by atoms with Crippen LogP contribution in [0.3, 0.4) is 0 Å². The number of carbonyl (C=O) groups is 1. The molecule has 2 N–H and O–H groups in total. The molecule has 1 aliphatic rings. The fourth-order valence-electron chi connectivity index (χ4n) is 1.99. The largest absolute Gasteiger partial charge is 0.399 e. The van der Waals surface area contributed by atoms with Crippen molar-refractivity contribution in [1.82, 2.24) is 0 Å². The Labute approximate surface area is 89.9 Å². The summed E-state index contributed by atoms with van der Waals surface area (Å²) in [5.74, 6) is 0.224. The SMILES string of the molecule is CCc1cc(N2CCCC2=O)ccc1N. The average molecular weight is 204 g/mol. The van der Waals surface area contributed by atoms with E-state index < -0.39 is 0 Å². The molecular weight excluding hydrogens is 188 g/mol. The van der Waals surface area contributed by atoms with E-state index in [4.69, 9.17) is 5.73 Å². The molecule has 0 aliphatic carbocycles. The number of benzene rings is 1. The first-order chi connectivity index (χ1) is 7.22. The standard InChI is InChI=1S/C12H16N2O/c1-2-9-8-10(5-6-11(9)13)14-7-3-4-12(14)15/h5-6,8H,2-4,7,13H2,1H3. The van der Waals surface area contributed by atoms with Crippen LogP contribution in [-0.4, -0.2) is 12.5 Å². The van der Waals surface area contributed by atoms with Gasteiger partial charge in [-0.05, 0) is 36.6 Å². The second-order valence-corrected chi connectivity index (χ2v) is 3.89. The summed E-state index contributed by atoms with van der Waals surface area (Å²) in [7, 11) is 0. The smallest absolute Gasteiger partial charge is 0.227 e. The zero-order valence-electron chi connectivity index (χ0n) is 8.99. The van der Waals surface area contributed by atoms with Crippen LogP contribution in [0.2, 0.25) is 0 Å². The van der Waals surface area contributed by atoms with Gasteiger partial charge in [0.2, 0.25) is 5.91 Å². The molecule has 80 valence electrons. The molecule has 1 heterocycles. The van der Waals surface area contributed by atoms with E-state index in [1.54, 1.807) is 0 Å². The maximum atomic E-state index is 11.6. The van der Waals surface area contributed by atoms with Crippen LogP contribution < -0.4 is 10.6 Å². The van der Waals surface area contributed by atoms with Gasteiger partial charge in [-0.1, -0.05) is 6.92 Å². The molecule has 1 aliphatic heterocycles. The molecule has 2 rings (SSSR count). The molecule has 0 spiro atoms. The molecule has 0 radical (unpaired) electrons. The molecule has 1 saturated heterocycles. The van der Waals surface area contributed by atoms with Gasteiger partial charge in [-0.3, -0.25) is 4.79 Å². The van der Waals surface area contributed by atoms with Crippen molar-refractivity contribution in [2.24, 2.45) is 0 Å². The van der Waals surface area contributed by atoms with Gasteiger partial charge in [-0.25, -0.2) is 0 Å². The summed E-state index contributed by atoms with van der Waals surface area (Å²) in [6, 6.07) is 5.84. The number of rotatable bonds is 2. The summed E-state index contributed by atoms with van der Waals surface area (Å²) < 4.78 is 0. The van der Waals surface area contributed by atoms with E-state index in [0.29, 0.717) is 6.42 Å².